The molecule has 3 rings (SSSR count). The summed E-state index contributed by atoms with van der Waals surface area (Å²) >= 11 is 12.0. The summed E-state index contributed by atoms with van der Waals surface area (Å²) in [5.41, 5.74) is 1.31. The predicted octanol–water partition coefficient (Wildman–Crippen LogP) is 5.26. The van der Waals surface area contributed by atoms with Gasteiger partial charge in [-0.25, -0.2) is 0 Å². The molecule has 0 radical (unpaired) electrons. The Hall–Kier alpha value is -3.22. The molecule has 0 heterocycles. The molecule has 3 aromatic carbocycles. The van der Waals surface area contributed by atoms with Crippen molar-refractivity contribution in [1.29, 1.82) is 0 Å². The van der Waals surface area contributed by atoms with E-state index in [9.17, 15) is 9.59 Å². The van der Waals surface area contributed by atoms with Crippen LogP contribution < -0.4 is 20.1 Å². The van der Waals surface area contributed by atoms with Gasteiger partial charge in [0.15, 0.2) is 11.5 Å². The number of hydrogen-bond acceptors (Lipinski definition) is 4. The summed E-state index contributed by atoms with van der Waals surface area (Å²) in [6, 6.07) is 18.2. The maximum Gasteiger partial charge on any atom is 0.253 e. The van der Waals surface area contributed by atoms with Crippen molar-refractivity contribution in [1.82, 2.24) is 10.6 Å². The zero-order chi connectivity index (χ0) is 23.1. The lowest BCUT2D eigenvalue weighted by Crippen LogP contribution is -2.41. The fraction of sp³-hybridized carbons (Fsp3) is 0.167. The topological polar surface area (TPSA) is 76.7 Å². The van der Waals surface area contributed by atoms with Crippen LogP contribution in [0, 0.1) is 0 Å². The van der Waals surface area contributed by atoms with Crippen LogP contribution in [-0.4, -0.2) is 25.5 Å². The molecule has 0 fully saturated rings. The number of benzene rings is 3. The number of carbonyl (C=O) groups is 2. The van der Waals surface area contributed by atoms with Crippen LogP contribution in [0.25, 0.3) is 0 Å². The molecule has 0 saturated carbocycles. The van der Waals surface area contributed by atoms with Gasteiger partial charge in [0.2, 0.25) is 0 Å². The number of ether oxygens (including phenoxy) is 2. The Bertz CT molecular complexity index is 1060. The summed E-state index contributed by atoms with van der Waals surface area (Å²) in [5.74, 6) is 0.219. The van der Waals surface area contributed by atoms with Crippen LogP contribution >= 0.6 is 23.2 Å². The van der Waals surface area contributed by atoms with Crippen LogP contribution in [0.5, 0.6) is 11.5 Å². The van der Waals surface area contributed by atoms with Crippen molar-refractivity contribution in [3.8, 4) is 11.5 Å². The van der Waals surface area contributed by atoms with Gasteiger partial charge in [0.25, 0.3) is 11.8 Å². The minimum Gasteiger partial charge on any atom is -0.493 e. The average Bonchev–Trinajstić information content (AvgIpc) is 2.79. The minimum absolute atomic E-state index is 0.359. The van der Waals surface area contributed by atoms with Gasteiger partial charge in [-0.05, 0) is 61.0 Å². The summed E-state index contributed by atoms with van der Waals surface area (Å²) in [4.78, 5) is 25.8. The van der Waals surface area contributed by atoms with Gasteiger partial charge in [-0.2, -0.15) is 0 Å². The molecule has 0 aliphatic rings. The molecule has 32 heavy (non-hydrogen) atoms. The van der Waals surface area contributed by atoms with E-state index in [0.29, 0.717) is 44.8 Å². The molecular weight excluding hydrogens is 451 g/mol. The summed E-state index contributed by atoms with van der Waals surface area (Å²) in [6.45, 7) is 2.34. The zero-order valence-electron chi connectivity index (χ0n) is 17.5. The molecule has 2 N–H and O–H groups in total. The Labute approximate surface area is 196 Å². The van der Waals surface area contributed by atoms with Crippen molar-refractivity contribution >= 4 is 35.0 Å². The fourth-order valence-corrected chi connectivity index (χ4v) is 3.41. The van der Waals surface area contributed by atoms with Gasteiger partial charge in [-0.3, -0.25) is 9.59 Å². The molecule has 0 aliphatic heterocycles. The summed E-state index contributed by atoms with van der Waals surface area (Å²) < 4.78 is 11.0. The van der Waals surface area contributed by atoms with Crippen LogP contribution in [0.1, 0.15) is 39.4 Å². The number of methoxy groups -OCH3 is 1. The number of hydrogen-bond donors (Lipinski definition) is 2. The third kappa shape index (κ3) is 5.93. The van der Waals surface area contributed by atoms with Crippen LogP contribution in [0.15, 0.2) is 66.7 Å². The number of carbonyl (C=O) groups excluding carboxylic acids is 2. The van der Waals surface area contributed by atoms with E-state index in [1.807, 2.05) is 6.92 Å². The van der Waals surface area contributed by atoms with Crippen molar-refractivity contribution in [2.24, 2.45) is 0 Å². The average molecular weight is 473 g/mol. The lowest BCUT2D eigenvalue weighted by atomic mass is 10.1. The van der Waals surface area contributed by atoms with Crippen LogP contribution in [0.3, 0.4) is 0 Å². The van der Waals surface area contributed by atoms with E-state index in [0.717, 1.165) is 0 Å². The van der Waals surface area contributed by atoms with Gasteiger partial charge < -0.3 is 20.1 Å². The van der Waals surface area contributed by atoms with Crippen LogP contribution in [-0.2, 0) is 0 Å². The quantitative estimate of drug-likeness (QED) is 0.438. The SMILES string of the molecule is CCOc1ccc(C(NC(=O)c2cccc(Cl)c2)NC(=O)c2cccc(Cl)c2)cc1OC. The highest BCUT2D eigenvalue weighted by molar-refractivity contribution is 6.31. The molecule has 0 atom stereocenters. The molecule has 2 amide bonds. The summed E-state index contributed by atoms with van der Waals surface area (Å²) in [5, 5.41) is 6.53. The van der Waals surface area contributed by atoms with E-state index in [2.05, 4.69) is 10.6 Å². The Morgan fingerprint density at radius 2 is 1.41 bits per heavy atom. The van der Waals surface area contributed by atoms with Gasteiger partial charge in [-0.15, -0.1) is 0 Å². The van der Waals surface area contributed by atoms with Crippen molar-refractivity contribution in [2.45, 2.75) is 13.1 Å². The van der Waals surface area contributed by atoms with Crippen LogP contribution in [0.4, 0.5) is 0 Å². The predicted molar refractivity (Wildman–Crippen MR) is 125 cm³/mol. The highest BCUT2D eigenvalue weighted by atomic mass is 35.5. The molecule has 3 aromatic rings. The van der Waals surface area contributed by atoms with E-state index in [-0.39, 0.29) is 0 Å². The van der Waals surface area contributed by atoms with E-state index in [4.69, 9.17) is 32.7 Å². The Morgan fingerprint density at radius 1 is 0.844 bits per heavy atom. The van der Waals surface area contributed by atoms with Crippen molar-refractivity contribution < 1.29 is 19.1 Å². The van der Waals surface area contributed by atoms with Gasteiger partial charge in [0, 0.05) is 21.2 Å². The molecule has 0 aromatic heterocycles. The van der Waals surface area contributed by atoms with E-state index in [1.165, 1.54) is 7.11 Å². The number of amides is 2. The Balaban J connectivity index is 1.93. The van der Waals surface area contributed by atoms with Gasteiger partial charge in [-0.1, -0.05) is 41.4 Å². The van der Waals surface area contributed by atoms with Crippen molar-refractivity contribution in [2.75, 3.05) is 13.7 Å². The monoisotopic (exact) mass is 472 g/mol. The first-order valence-corrected chi connectivity index (χ1v) is 10.6. The first-order chi connectivity index (χ1) is 15.4. The lowest BCUT2D eigenvalue weighted by Gasteiger charge is -2.22. The molecule has 0 spiro atoms. The second-order valence-electron chi connectivity index (χ2n) is 6.74. The standard InChI is InChI=1S/C24H22Cl2N2O4/c1-3-32-20-11-10-15(14-21(20)31-2)22(27-23(29)16-6-4-8-18(25)12-16)28-24(30)17-7-5-9-19(26)13-17/h4-14,22H,3H2,1-2H3,(H,27,29)(H,28,30). The molecule has 166 valence electrons. The third-order valence-electron chi connectivity index (χ3n) is 4.55. The minimum atomic E-state index is -0.863. The molecule has 0 aliphatic carbocycles. The first kappa shape index (κ1) is 23.4. The molecule has 6 nitrogen and oxygen atoms in total. The highest BCUT2D eigenvalue weighted by Crippen LogP contribution is 2.30. The van der Waals surface area contributed by atoms with Gasteiger partial charge in [0.1, 0.15) is 6.17 Å². The zero-order valence-corrected chi connectivity index (χ0v) is 19.0. The molecule has 0 unspecified atom stereocenters. The molecule has 8 heteroatoms. The molecule has 0 saturated heterocycles. The highest BCUT2D eigenvalue weighted by Gasteiger charge is 2.21. The number of halogens is 2. The maximum atomic E-state index is 12.9. The van der Waals surface area contributed by atoms with E-state index < -0.39 is 18.0 Å². The second kappa shape index (κ2) is 10.9. The molecular formula is C24H22Cl2N2O4. The third-order valence-corrected chi connectivity index (χ3v) is 5.02. The van der Waals surface area contributed by atoms with E-state index >= 15 is 0 Å². The van der Waals surface area contributed by atoms with Gasteiger partial charge in [0.05, 0.1) is 13.7 Å². The summed E-state index contributed by atoms with van der Waals surface area (Å²) in [6.07, 6.45) is -0.863. The largest absolute Gasteiger partial charge is 0.493 e. The van der Waals surface area contributed by atoms with Crippen LogP contribution in [0.2, 0.25) is 10.0 Å². The van der Waals surface area contributed by atoms with Crippen molar-refractivity contribution in [3.63, 3.8) is 0 Å². The number of rotatable bonds is 8. The smallest absolute Gasteiger partial charge is 0.253 e. The fourth-order valence-electron chi connectivity index (χ4n) is 3.03. The maximum absolute atomic E-state index is 12.9. The van der Waals surface area contributed by atoms with E-state index in [1.54, 1.807) is 66.7 Å². The van der Waals surface area contributed by atoms with Gasteiger partial charge >= 0.3 is 0 Å². The number of nitrogens with one attached hydrogen (secondary N) is 2. The van der Waals surface area contributed by atoms with Crippen molar-refractivity contribution in [3.05, 3.63) is 93.5 Å². The lowest BCUT2D eigenvalue weighted by molar-refractivity contribution is 0.0883. The first-order valence-electron chi connectivity index (χ1n) is 9.85. The molecule has 0 bridgehead atoms. The normalized spacial score (nSPS) is 10.5. The Morgan fingerprint density at radius 3 is 1.88 bits per heavy atom. The summed E-state index contributed by atoms with van der Waals surface area (Å²) in [7, 11) is 1.52. The Kier molecular flexibility index (Phi) is 7.98. The second-order valence-corrected chi connectivity index (χ2v) is 7.62.